The molecule has 7 nitrogen and oxygen atoms in total. The fourth-order valence-corrected chi connectivity index (χ4v) is 1.92. The van der Waals surface area contributed by atoms with Crippen LogP contribution in [0.3, 0.4) is 0 Å². The second-order valence-corrected chi connectivity index (χ2v) is 5.03. The van der Waals surface area contributed by atoms with Crippen molar-refractivity contribution in [1.29, 1.82) is 0 Å². The number of aryl methyl sites for hydroxylation is 1. The number of rotatable bonds is 5. The van der Waals surface area contributed by atoms with Crippen molar-refractivity contribution in [2.24, 2.45) is 5.10 Å². The van der Waals surface area contributed by atoms with Gasteiger partial charge in [0, 0.05) is 5.56 Å². The second-order valence-electron chi connectivity index (χ2n) is 5.03. The van der Waals surface area contributed by atoms with Crippen molar-refractivity contribution in [3.05, 3.63) is 59.2 Å². The normalized spacial score (nSPS) is 10.4. The van der Waals surface area contributed by atoms with Gasteiger partial charge in [-0.05, 0) is 42.8 Å². The van der Waals surface area contributed by atoms with E-state index in [1.54, 1.807) is 30.3 Å². The lowest BCUT2D eigenvalue weighted by Gasteiger charge is -2.08. The molecule has 0 spiro atoms. The predicted octanol–water partition coefficient (Wildman–Crippen LogP) is 2.91. The molecule has 0 atom stereocenters. The van der Waals surface area contributed by atoms with E-state index in [4.69, 9.17) is 9.47 Å². The quantitative estimate of drug-likeness (QED) is 0.391. The van der Waals surface area contributed by atoms with Crippen LogP contribution in [0.4, 0.5) is 4.79 Å². The molecule has 7 heteroatoms. The minimum atomic E-state index is -0.843. The molecule has 0 aliphatic heterocycles. The van der Waals surface area contributed by atoms with Gasteiger partial charge >= 0.3 is 6.16 Å². The van der Waals surface area contributed by atoms with E-state index in [-0.39, 0.29) is 11.7 Å². The number of amides is 1. The largest absolute Gasteiger partial charge is 0.513 e. The number of nitrogens with one attached hydrogen (secondary N) is 1. The molecule has 0 aromatic heterocycles. The maximum absolute atomic E-state index is 12.0. The van der Waals surface area contributed by atoms with Crippen LogP contribution in [0.1, 0.15) is 21.5 Å². The Morgan fingerprint density at radius 1 is 1.04 bits per heavy atom. The summed E-state index contributed by atoms with van der Waals surface area (Å²) in [5.74, 6) is 0.239. The molecule has 0 saturated heterocycles. The molecule has 0 saturated carbocycles. The molecule has 2 rings (SSSR count). The predicted molar refractivity (Wildman–Crippen MR) is 92.3 cm³/mol. The third-order valence-electron chi connectivity index (χ3n) is 3.24. The smallest absolute Gasteiger partial charge is 0.493 e. The van der Waals surface area contributed by atoms with Crippen LogP contribution in [0.5, 0.6) is 11.5 Å². The number of nitrogens with zero attached hydrogens (tertiary/aromatic N) is 1. The van der Waals surface area contributed by atoms with E-state index in [0.29, 0.717) is 16.9 Å². The minimum absolute atomic E-state index is 0.218. The van der Waals surface area contributed by atoms with E-state index in [0.717, 1.165) is 5.56 Å². The highest BCUT2D eigenvalue weighted by atomic mass is 16.7. The molecule has 0 bridgehead atoms. The zero-order chi connectivity index (χ0) is 18.2. The van der Waals surface area contributed by atoms with Crippen LogP contribution in [0, 0.1) is 6.92 Å². The molecule has 0 heterocycles. The summed E-state index contributed by atoms with van der Waals surface area (Å²) < 4.78 is 14.5. The van der Waals surface area contributed by atoms with E-state index < -0.39 is 6.16 Å². The summed E-state index contributed by atoms with van der Waals surface area (Å²) in [7, 11) is 2.66. The number of hydrazone groups is 1. The molecule has 0 radical (unpaired) electrons. The molecule has 0 unspecified atom stereocenters. The van der Waals surface area contributed by atoms with Crippen LogP contribution >= 0.6 is 0 Å². The summed E-state index contributed by atoms with van der Waals surface area (Å²) in [5, 5.41) is 3.91. The summed E-state index contributed by atoms with van der Waals surface area (Å²) in [5.41, 5.74) is 4.68. The van der Waals surface area contributed by atoms with Gasteiger partial charge in [0.2, 0.25) is 0 Å². The number of methoxy groups -OCH3 is 2. The molecule has 1 N–H and O–H groups in total. The summed E-state index contributed by atoms with van der Waals surface area (Å²) in [4.78, 5) is 23.1. The molecule has 0 aliphatic rings. The van der Waals surface area contributed by atoms with E-state index in [1.165, 1.54) is 20.4 Å². The van der Waals surface area contributed by atoms with Crippen LogP contribution in [-0.4, -0.2) is 32.5 Å². The molecule has 25 heavy (non-hydrogen) atoms. The van der Waals surface area contributed by atoms with Crippen molar-refractivity contribution in [1.82, 2.24) is 5.43 Å². The Morgan fingerprint density at radius 2 is 1.76 bits per heavy atom. The van der Waals surface area contributed by atoms with Crippen molar-refractivity contribution >= 4 is 18.3 Å². The zero-order valence-electron chi connectivity index (χ0n) is 14.1. The Morgan fingerprint density at radius 3 is 2.40 bits per heavy atom. The molecule has 0 aliphatic carbocycles. The average molecular weight is 342 g/mol. The molecule has 130 valence electrons. The third-order valence-corrected chi connectivity index (χ3v) is 3.24. The number of carbonyl (C=O) groups excluding carboxylic acids is 2. The van der Waals surface area contributed by atoms with Crippen molar-refractivity contribution in [2.75, 3.05) is 14.2 Å². The lowest BCUT2D eigenvalue weighted by Crippen LogP contribution is -2.17. The molecule has 1 amide bonds. The zero-order valence-corrected chi connectivity index (χ0v) is 14.1. The first-order chi connectivity index (χ1) is 12.0. The highest BCUT2D eigenvalue weighted by Gasteiger charge is 2.10. The maximum atomic E-state index is 12.0. The standard InChI is InChI=1S/C18H18N2O5/c1-12-4-7-14(8-5-12)17(21)20-19-11-13-6-9-15(16(10-13)23-2)25-18(22)24-3/h4-11H,1-3H3,(H,20,21)/b19-11-. The number of ether oxygens (including phenoxy) is 3. The molecule has 2 aromatic carbocycles. The molecular formula is C18H18N2O5. The average Bonchev–Trinajstić information content (AvgIpc) is 2.63. The summed E-state index contributed by atoms with van der Waals surface area (Å²) in [6.45, 7) is 1.95. The van der Waals surface area contributed by atoms with Crippen molar-refractivity contribution in [3.63, 3.8) is 0 Å². The van der Waals surface area contributed by atoms with Gasteiger partial charge in [0.25, 0.3) is 5.91 Å². The first-order valence-electron chi connectivity index (χ1n) is 7.37. The number of benzene rings is 2. The van der Waals surface area contributed by atoms with Crippen LogP contribution in [0.15, 0.2) is 47.6 Å². The Hall–Kier alpha value is -3.35. The summed E-state index contributed by atoms with van der Waals surface area (Å²) in [6, 6.07) is 12.0. The topological polar surface area (TPSA) is 86.2 Å². The third kappa shape index (κ3) is 5.07. The first kappa shape index (κ1) is 18.0. The Bertz CT molecular complexity index is 785. The lowest BCUT2D eigenvalue weighted by molar-refractivity contribution is 0.0955. The molecule has 2 aromatic rings. The molecule has 0 fully saturated rings. The SMILES string of the molecule is COC(=O)Oc1ccc(/C=N\NC(=O)c2ccc(C)cc2)cc1OC. The highest BCUT2D eigenvalue weighted by Crippen LogP contribution is 2.27. The summed E-state index contributed by atoms with van der Waals surface area (Å²) >= 11 is 0. The maximum Gasteiger partial charge on any atom is 0.513 e. The van der Waals surface area contributed by atoms with Gasteiger partial charge in [-0.1, -0.05) is 17.7 Å². The van der Waals surface area contributed by atoms with Gasteiger partial charge in [0.1, 0.15) is 0 Å². The Labute approximate surface area is 145 Å². The Balaban J connectivity index is 2.04. The lowest BCUT2D eigenvalue weighted by atomic mass is 10.1. The number of hydrogen-bond donors (Lipinski definition) is 1. The van der Waals surface area contributed by atoms with Gasteiger partial charge in [-0.15, -0.1) is 0 Å². The van der Waals surface area contributed by atoms with Gasteiger partial charge in [-0.25, -0.2) is 10.2 Å². The van der Waals surface area contributed by atoms with Crippen LogP contribution in [-0.2, 0) is 4.74 Å². The van der Waals surface area contributed by atoms with Crippen LogP contribution < -0.4 is 14.9 Å². The molecular weight excluding hydrogens is 324 g/mol. The van der Waals surface area contributed by atoms with Crippen LogP contribution in [0.25, 0.3) is 0 Å². The Kier molecular flexibility index (Phi) is 6.11. The minimum Gasteiger partial charge on any atom is -0.493 e. The van der Waals surface area contributed by atoms with Gasteiger partial charge in [0.15, 0.2) is 11.5 Å². The van der Waals surface area contributed by atoms with Gasteiger partial charge < -0.3 is 14.2 Å². The van der Waals surface area contributed by atoms with Crippen molar-refractivity contribution in [2.45, 2.75) is 6.92 Å². The second kappa shape index (κ2) is 8.49. The first-order valence-corrected chi connectivity index (χ1v) is 7.37. The van der Waals surface area contributed by atoms with Crippen molar-refractivity contribution < 1.29 is 23.8 Å². The van der Waals surface area contributed by atoms with Crippen molar-refractivity contribution in [3.8, 4) is 11.5 Å². The van der Waals surface area contributed by atoms with Gasteiger partial charge in [0.05, 0.1) is 20.4 Å². The fourth-order valence-electron chi connectivity index (χ4n) is 1.92. The van der Waals surface area contributed by atoms with E-state index in [2.05, 4.69) is 15.3 Å². The van der Waals surface area contributed by atoms with E-state index in [1.807, 2.05) is 19.1 Å². The highest BCUT2D eigenvalue weighted by molar-refractivity contribution is 5.94. The monoisotopic (exact) mass is 342 g/mol. The van der Waals surface area contributed by atoms with Gasteiger partial charge in [-0.2, -0.15) is 5.10 Å². The summed E-state index contributed by atoms with van der Waals surface area (Å²) in [6.07, 6.45) is 0.612. The van der Waals surface area contributed by atoms with Gasteiger partial charge in [-0.3, -0.25) is 4.79 Å². The van der Waals surface area contributed by atoms with E-state index in [9.17, 15) is 9.59 Å². The number of carbonyl (C=O) groups is 2. The van der Waals surface area contributed by atoms with Crippen LogP contribution in [0.2, 0.25) is 0 Å². The van der Waals surface area contributed by atoms with E-state index >= 15 is 0 Å². The fraction of sp³-hybridized carbons (Fsp3) is 0.167. The number of hydrogen-bond acceptors (Lipinski definition) is 6.